The van der Waals surface area contributed by atoms with E-state index < -0.39 is 23.8 Å². The third-order valence-corrected chi connectivity index (χ3v) is 14.5. The summed E-state index contributed by atoms with van der Waals surface area (Å²) in [6.45, 7) is 12.5. The number of H-pyrrole nitrogens is 1. The van der Waals surface area contributed by atoms with Gasteiger partial charge in [-0.25, -0.2) is 9.67 Å². The van der Waals surface area contributed by atoms with Gasteiger partial charge < -0.3 is 20.0 Å². The molecule has 6 aliphatic rings. The number of amides is 5. The molecular formula is C46H51N15O5. The molecule has 0 radical (unpaired) electrons. The minimum absolute atomic E-state index is 0.0962. The molecule has 340 valence electrons. The average Bonchev–Trinajstić information content (AvgIpc) is 4.04. The topological polar surface area (TPSA) is 214 Å². The highest BCUT2D eigenvalue weighted by Gasteiger charge is 2.45. The summed E-state index contributed by atoms with van der Waals surface area (Å²) in [5, 5.41) is 26.1. The number of rotatable bonds is 9. The van der Waals surface area contributed by atoms with Gasteiger partial charge in [-0.05, 0) is 98.0 Å². The Morgan fingerprint density at radius 2 is 1.67 bits per heavy atom. The van der Waals surface area contributed by atoms with Crippen molar-refractivity contribution in [3.05, 3.63) is 77.1 Å². The molecule has 3 N–H and O–H groups in total. The molecule has 20 nitrogen and oxygen atoms in total. The van der Waals surface area contributed by atoms with Crippen molar-refractivity contribution in [2.45, 2.75) is 57.7 Å². The van der Waals surface area contributed by atoms with Crippen molar-refractivity contribution in [2.24, 2.45) is 5.92 Å². The Bertz CT molecular complexity index is 2830. The van der Waals surface area contributed by atoms with E-state index >= 15 is 0 Å². The number of imide groups is 2. The lowest BCUT2D eigenvalue weighted by molar-refractivity contribution is -0.136. The molecule has 0 aliphatic carbocycles. The number of nitrogens with one attached hydrogen (secondary N) is 3. The summed E-state index contributed by atoms with van der Waals surface area (Å²) >= 11 is 0. The lowest BCUT2D eigenvalue weighted by atomic mass is 9.93. The van der Waals surface area contributed by atoms with Crippen LogP contribution in [0.5, 0.6) is 0 Å². The number of carbonyl (C=O) groups excluding carboxylic acids is 5. The van der Waals surface area contributed by atoms with Crippen molar-refractivity contribution in [2.75, 3.05) is 86.0 Å². The smallest absolute Gasteiger partial charge is 0.262 e. The molecule has 66 heavy (non-hydrogen) atoms. The Labute approximate surface area is 379 Å². The third-order valence-electron chi connectivity index (χ3n) is 14.5. The number of likely N-dealkylation sites (tertiary alicyclic amines) is 1. The number of piperidine rings is 2. The van der Waals surface area contributed by atoms with E-state index in [4.69, 9.17) is 4.98 Å². The Hall–Kier alpha value is -7.06. The first-order chi connectivity index (χ1) is 32.0. The molecule has 3 aromatic heterocycles. The van der Waals surface area contributed by atoms with Gasteiger partial charge in [0, 0.05) is 113 Å². The van der Waals surface area contributed by atoms with E-state index in [0.717, 1.165) is 116 Å². The largest absolute Gasteiger partial charge is 0.371 e. The van der Waals surface area contributed by atoms with Gasteiger partial charge in [0.1, 0.15) is 17.6 Å². The quantitative estimate of drug-likeness (QED) is 0.182. The van der Waals surface area contributed by atoms with E-state index in [1.807, 2.05) is 62.3 Å². The number of allylic oxidation sites excluding steroid dienone is 1. The third kappa shape index (κ3) is 7.23. The standard InChI is InChI=1S/C46H51N15O5/c1-26-40(27(2)61-46(55(26)3)52-53-54-61)43(64)48-30-4-7-36-35(21-30)41(51-50-36)29-10-13-47-38(20-29)59-18-16-58(17-19-59)32-24-56(25-32)23-28-11-14-57(15-12-28)31-5-6-33-34(22-31)45(66)60(44(33)65)37-8-9-39(62)49-42(37)63/h4-7,10,13,20-22,27-28,32,37H,8-9,11-12,14-19,23-25H2,1-3H3,(H,48,64)(H,50,51)(H,49,62,63). The molecule has 0 spiro atoms. The second kappa shape index (κ2) is 16.4. The minimum atomic E-state index is -0.968. The van der Waals surface area contributed by atoms with Gasteiger partial charge in [-0.15, -0.1) is 0 Å². The maximum absolute atomic E-state index is 13.7. The Balaban J connectivity index is 0.655. The van der Waals surface area contributed by atoms with Gasteiger partial charge in [-0.3, -0.25) is 49.1 Å². The maximum atomic E-state index is 13.7. The first-order valence-corrected chi connectivity index (χ1v) is 22.8. The van der Waals surface area contributed by atoms with E-state index in [1.54, 1.807) is 16.8 Å². The lowest BCUT2D eigenvalue weighted by Crippen LogP contribution is -2.63. The summed E-state index contributed by atoms with van der Waals surface area (Å²) < 4.78 is 1.65. The van der Waals surface area contributed by atoms with Gasteiger partial charge in [-0.2, -0.15) is 5.10 Å². The van der Waals surface area contributed by atoms with E-state index in [0.29, 0.717) is 40.3 Å². The highest BCUT2D eigenvalue weighted by molar-refractivity contribution is 6.23. The molecular weight excluding hydrogens is 843 g/mol. The van der Waals surface area contributed by atoms with Gasteiger partial charge >= 0.3 is 0 Å². The second-order valence-electron chi connectivity index (χ2n) is 18.3. The summed E-state index contributed by atoms with van der Waals surface area (Å²) in [4.78, 5) is 81.8. The van der Waals surface area contributed by atoms with Crippen LogP contribution in [0.3, 0.4) is 0 Å². The van der Waals surface area contributed by atoms with Crippen LogP contribution in [0.1, 0.15) is 66.3 Å². The van der Waals surface area contributed by atoms with Crippen molar-refractivity contribution in [3.63, 3.8) is 0 Å². The Kier molecular flexibility index (Phi) is 10.4. The predicted octanol–water partition coefficient (Wildman–Crippen LogP) is 2.66. The number of pyridine rings is 1. The van der Waals surface area contributed by atoms with Gasteiger partial charge in [0.05, 0.1) is 28.3 Å². The number of fused-ring (bicyclic) bond motifs is 3. The van der Waals surface area contributed by atoms with E-state index in [9.17, 15) is 24.0 Å². The molecule has 4 fully saturated rings. The maximum Gasteiger partial charge on any atom is 0.262 e. The number of tetrazole rings is 1. The molecule has 2 aromatic carbocycles. The van der Waals surface area contributed by atoms with Crippen molar-refractivity contribution < 1.29 is 24.0 Å². The van der Waals surface area contributed by atoms with E-state index in [1.165, 1.54) is 0 Å². The zero-order chi connectivity index (χ0) is 45.4. The van der Waals surface area contributed by atoms with Crippen LogP contribution < -0.4 is 25.3 Å². The SMILES string of the molecule is CC1=C(C(=O)Nc2ccc3[nH]nc(-c4ccnc(N5CCN(C6CN(CC7CCN(c8ccc9c(c8)C(=O)N(C8CCC(=O)NC8=O)C9=O)CC7)C6)CC5)c4)c3c2)C(C)n2nnnc2N1C. The first-order valence-electron chi connectivity index (χ1n) is 22.8. The number of hydrogen-bond donors (Lipinski definition) is 3. The number of aromatic nitrogens is 7. The van der Waals surface area contributed by atoms with Gasteiger partial charge in [0.25, 0.3) is 17.7 Å². The molecule has 9 heterocycles. The molecule has 5 aromatic rings. The number of benzene rings is 2. The van der Waals surface area contributed by atoms with Gasteiger partial charge in [0.2, 0.25) is 17.8 Å². The highest BCUT2D eigenvalue weighted by atomic mass is 16.2. The van der Waals surface area contributed by atoms with Gasteiger partial charge in [-0.1, -0.05) is 5.10 Å². The van der Waals surface area contributed by atoms with Crippen LogP contribution in [0.2, 0.25) is 0 Å². The van der Waals surface area contributed by atoms with Crippen LogP contribution in [0.4, 0.5) is 23.1 Å². The predicted molar refractivity (Wildman–Crippen MR) is 244 cm³/mol. The number of anilines is 4. The molecule has 20 heteroatoms. The summed E-state index contributed by atoms with van der Waals surface area (Å²) in [5.74, 6) is -0.0538. The number of aromatic amines is 1. The van der Waals surface area contributed by atoms with Crippen molar-refractivity contribution in [1.82, 2.24) is 55.4 Å². The number of hydrogen-bond acceptors (Lipinski definition) is 15. The average molecular weight is 894 g/mol. The summed E-state index contributed by atoms with van der Waals surface area (Å²) in [6.07, 6.45) is 4.17. The van der Waals surface area contributed by atoms with E-state index in [-0.39, 0.29) is 30.7 Å². The molecule has 2 unspecified atom stereocenters. The van der Waals surface area contributed by atoms with Crippen LogP contribution in [-0.4, -0.2) is 158 Å². The molecule has 5 amide bonds. The van der Waals surface area contributed by atoms with Crippen LogP contribution in [-0.2, 0) is 14.4 Å². The van der Waals surface area contributed by atoms with Crippen molar-refractivity contribution in [3.8, 4) is 11.3 Å². The Morgan fingerprint density at radius 3 is 2.45 bits per heavy atom. The first kappa shape index (κ1) is 41.6. The fourth-order valence-electron chi connectivity index (χ4n) is 10.7. The normalized spacial score (nSPS) is 22.3. The zero-order valence-electron chi connectivity index (χ0n) is 37.1. The number of carbonyl (C=O) groups is 5. The molecule has 4 saturated heterocycles. The van der Waals surface area contributed by atoms with Crippen molar-refractivity contribution in [1.29, 1.82) is 0 Å². The van der Waals surface area contributed by atoms with Crippen LogP contribution >= 0.6 is 0 Å². The second-order valence-corrected chi connectivity index (χ2v) is 18.3. The van der Waals surface area contributed by atoms with E-state index in [2.05, 4.69) is 62.0 Å². The monoisotopic (exact) mass is 893 g/mol. The molecule has 11 rings (SSSR count). The minimum Gasteiger partial charge on any atom is -0.371 e. The number of nitrogens with zero attached hydrogens (tertiary/aromatic N) is 12. The van der Waals surface area contributed by atoms with Crippen LogP contribution in [0.25, 0.3) is 22.2 Å². The summed E-state index contributed by atoms with van der Waals surface area (Å²) in [5.41, 5.74) is 6.18. The van der Waals surface area contributed by atoms with Crippen LogP contribution in [0, 0.1) is 5.92 Å². The zero-order valence-corrected chi connectivity index (χ0v) is 37.1. The highest BCUT2D eigenvalue weighted by Crippen LogP contribution is 2.36. The molecule has 6 aliphatic heterocycles. The fraction of sp³-hybridized carbons (Fsp3) is 0.435. The Morgan fingerprint density at radius 1 is 0.879 bits per heavy atom. The van der Waals surface area contributed by atoms with Gasteiger partial charge in [0.15, 0.2) is 0 Å². The lowest BCUT2D eigenvalue weighted by Gasteiger charge is -2.49. The van der Waals surface area contributed by atoms with Crippen LogP contribution in [0.15, 0.2) is 66.0 Å². The fourth-order valence-corrected chi connectivity index (χ4v) is 10.7. The summed E-state index contributed by atoms with van der Waals surface area (Å²) in [6, 6.07) is 14.5. The molecule has 2 atom stereocenters. The summed E-state index contributed by atoms with van der Waals surface area (Å²) in [7, 11) is 1.85. The van der Waals surface area contributed by atoms with Crippen molar-refractivity contribution >= 4 is 63.6 Å². The molecule has 0 saturated carbocycles. The molecule has 0 bridgehead atoms. The number of piperazine rings is 1.